The molecule has 12 heteroatoms. The number of fused-ring (bicyclic) bond motifs is 1. The molecule has 1 saturated heterocycles. The van der Waals surface area contributed by atoms with Crippen molar-refractivity contribution in [2.24, 2.45) is 0 Å². The first kappa shape index (κ1) is 28.1. The fourth-order valence-corrected chi connectivity index (χ4v) is 4.92. The SMILES string of the molecule is COc1cc2ccccc2cc1C(=O)NC(=S)Nc1ccc(N2CCN(c3c(F)c(F)c(F)c(F)c3F)CC2)cc1. The van der Waals surface area contributed by atoms with Crippen LogP contribution in [-0.2, 0) is 0 Å². The summed E-state index contributed by atoms with van der Waals surface area (Å²) in [7, 11) is 1.48. The van der Waals surface area contributed by atoms with E-state index in [1.807, 2.05) is 29.2 Å². The molecule has 1 aliphatic rings. The lowest BCUT2D eigenvalue weighted by Crippen LogP contribution is -2.47. The third-order valence-electron chi connectivity index (χ3n) is 6.81. The van der Waals surface area contributed by atoms with Crippen LogP contribution in [0, 0.1) is 29.1 Å². The van der Waals surface area contributed by atoms with Gasteiger partial charge in [-0.05, 0) is 59.4 Å². The quantitative estimate of drug-likeness (QED) is 0.130. The summed E-state index contributed by atoms with van der Waals surface area (Å²) >= 11 is 5.31. The first-order valence-corrected chi connectivity index (χ1v) is 12.9. The number of benzene rings is 4. The van der Waals surface area contributed by atoms with E-state index in [9.17, 15) is 26.7 Å². The van der Waals surface area contributed by atoms with Gasteiger partial charge < -0.3 is 19.9 Å². The molecule has 1 aliphatic heterocycles. The molecule has 4 aromatic carbocycles. The molecule has 0 aromatic heterocycles. The number of ether oxygens (including phenoxy) is 1. The Morgan fingerprint density at radius 1 is 0.780 bits per heavy atom. The molecule has 212 valence electrons. The van der Waals surface area contributed by atoms with E-state index in [0.29, 0.717) is 17.0 Å². The van der Waals surface area contributed by atoms with Crippen LogP contribution in [-0.4, -0.2) is 44.3 Å². The lowest BCUT2D eigenvalue weighted by atomic mass is 10.1. The van der Waals surface area contributed by atoms with Gasteiger partial charge in [0.15, 0.2) is 28.4 Å². The van der Waals surface area contributed by atoms with Crippen molar-refractivity contribution in [3.63, 3.8) is 0 Å². The molecule has 41 heavy (non-hydrogen) atoms. The average molecular weight is 587 g/mol. The molecule has 0 unspecified atom stereocenters. The topological polar surface area (TPSA) is 56.8 Å². The molecule has 0 radical (unpaired) electrons. The van der Waals surface area contributed by atoms with Gasteiger partial charge in [0.1, 0.15) is 11.4 Å². The Hall–Kier alpha value is -4.45. The van der Waals surface area contributed by atoms with Gasteiger partial charge in [-0.3, -0.25) is 10.1 Å². The maximum absolute atomic E-state index is 14.2. The van der Waals surface area contributed by atoms with Gasteiger partial charge >= 0.3 is 0 Å². The number of piperazine rings is 1. The minimum Gasteiger partial charge on any atom is -0.496 e. The van der Waals surface area contributed by atoms with Crippen molar-refractivity contribution in [1.82, 2.24) is 5.32 Å². The Kier molecular flexibility index (Phi) is 7.93. The van der Waals surface area contributed by atoms with E-state index in [2.05, 4.69) is 10.6 Å². The highest BCUT2D eigenvalue weighted by molar-refractivity contribution is 7.80. The number of carbonyl (C=O) groups is 1. The highest BCUT2D eigenvalue weighted by Gasteiger charge is 2.30. The third kappa shape index (κ3) is 5.60. The summed E-state index contributed by atoms with van der Waals surface area (Å²) < 4.78 is 74.5. The molecule has 6 nitrogen and oxygen atoms in total. The molecule has 2 N–H and O–H groups in total. The van der Waals surface area contributed by atoms with Crippen molar-refractivity contribution in [3.05, 3.63) is 95.3 Å². The summed E-state index contributed by atoms with van der Waals surface area (Å²) in [5.41, 5.74) is 0.793. The van der Waals surface area contributed by atoms with Gasteiger partial charge in [0, 0.05) is 37.6 Å². The molecule has 0 atom stereocenters. The first-order valence-electron chi connectivity index (χ1n) is 12.5. The number of halogens is 5. The fourth-order valence-electron chi connectivity index (χ4n) is 4.71. The monoisotopic (exact) mass is 586 g/mol. The van der Waals surface area contributed by atoms with E-state index >= 15 is 0 Å². The third-order valence-corrected chi connectivity index (χ3v) is 7.02. The fraction of sp³-hybridized carbons (Fsp3) is 0.172. The zero-order chi connectivity index (χ0) is 29.3. The van der Waals surface area contributed by atoms with E-state index in [0.717, 1.165) is 21.4 Å². The number of hydrogen-bond donors (Lipinski definition) is 2. The molecule has 0 saturated carbocycles. The van der Waals surface area contributed by atoms with Crippen LogP contribution in [0.2, 0.25) is 0 Å². The summed E-state index contributed by atoms with van der Waals surface area (Å²) in [4.78, 5) is 16.0. The zero-order valence-electron chi connectivity index (χ0n) is 21.6. The largest absolute Gasteiger partial charge is 0.496 e. The predicted molar refractivity (Wildman–Crippen MR) is 151 cm³/mol. The lowest BCUT2D eigenvalue weighted by molar-refractivity contribution is 0.0975. The van der Waals surface area contributed by atoms with Gasteiger partial charge in [0.2, 0.25) is 5.82 Å². The van der Waals surface area contributed by atoms with Crippen LogP contribution < -0.4 is 25.2 Å². The highest BCUT2D eigenvalue weighted by Crippen LogP contribution is 2.32. The Labute approximate surface area is 237 Å². The summed E-state index contributed by atoms with van der Waals surface area (Å²) in [5.74, 6) is -9.81. The number of amides is 1. The van der Waals surface area contributed by atoms with Crippen molar-refractivity contribution in [2.45, 2.75) is 0 Å². The zero-order valence-corrected chi connectivity index (χ0v) is 22.4. The molecular weight excluding hydrogens is 563 g/mol. The van der Waals surface area contributed by atoms with Gasteiger partial charge in [-0.15, -0.1) is 0 Å². The van der Waals surface area contributed by atoms with Crippen LogP contribution in [0.1, 0.15) is 10.4 Å². The van der Waals surface area contributed by atoms with Crippen LogP contribution >= 0.6 is 12.2 Å². The second-order valence-electron chi connectivity index (χ2n) is 9.25. The number of nitrogens with one attached hydrogen (secondary N) is 2. The number of thiocarbonyl (C=S) groups is 1. The normalized spacial score (nSPS) is 13.3. The standard InChI is InChI=1S/C29H23F5N4O2S/c1-40-21-15-17-5-3-2-4-16(17)14-20(21)28(39)36-29(41)35-18-6-8-19(9-7-18)37-10-12-38(13-11-37)27-25(33)23(31)22(30)24(32)26(27)34/h2-9,14-15H,10-13H2,1H3,(H2,35,36,39,41). The van der Waals surface area contributed by atoms with Crippen molar-refractivity contribution < 1.29 is 31.5 Å². The summed E-state index contributed by atoms with van der Waals surface area (Å²) in [6, 6.07) is 18.1. The van der Waals surface area contributed by atoms with Gasteiger partial charge in [0.05, 0.1) is 12.7 Å². The Morgan fingerprint density at radius 3 is 1.90 bits per heavy atom. The number of carbonyl (C=O) groups excluding carboxylic acids is 1. The molecule has 1 heterocycles. The van der Waals surface area contributed by atoms with E-state index in [-0.39, 0.29) is 31.3 Å². The van der Waals surface area contributed by atoms with E-state index in [1.165, 1.54) is 7.11 Å². The minimum absolute atomic E-state index is 0.0483. The number of methoxy groups -OCH3 is 1. The van der Waals surface area contributed by atoms with Crippen molar-refractivity contribution in [3.8, 4) is 5.75 Å². The Balaban J connectivity index is 1.20. The second-order valence-corrected chi connectivity index (χ2v) is 9.66. The molecule has 1 amide bonds. The molecule has 0 aliphatic carbocycles. The number of rotatable bonds is 5. The Bertz CT molecular complexity index is 1610. The maximum atomic E-state index is 14.2. The maximum Gasteiger partial charge on any atom is 0.261 e. The lowest BCUT2D eigenvalue weighted by Gasteiger charge is -2.37. The molecule has 0 bridgehead atoms. The average Bonchev–Trinajstić information content (AvgIpc) is 2.99. The van der Waals surface area contributed by atoms with Gasteiger partial charge in [-0.1, -0.05) is 24.3 Å². The smallest absolute Gasteiger partial charge is 0.261 e. The molecule has 0 spiro atoms. The van der Waals surface area contributed by atoms with E-state index in [4.69, 9.17) is 17.0 Å². The van der Waals surface area contributed by atoms with Crippen molar-refractivity contribution in [1.29, 1.82) is 0 Å². The van der Waals surface area contributed by atoms with Crippen LogP contribution in [0.15, 0.2) is 60.7 Å². The predicted octanol–water partition coefficient (Wildman–Crippen LogP) is 6.00. The van der Waals surface area contributed by atoms with Crippen molar-refractivity contribution in [2.75, 3.05) is 48.4 Å². The van der Waals surface area contributed by atoms with E-state index < -0.39 is 40.7 Å². The molecule has 1 fully saturated rings. The van der Waals surface area contributed by atoms with Crippen LogP contribution in [0.4, 0.5) is 39.0 Å². The Morgan fingerprint density at radius 2 is 1.32 bits per heavy atom. The summed E-state index contributed by atoms with van der Waals surface area (Å²) in [5, 5.41) is 7.49. The summed E-state index contributed by atoms with van der Waals surface area (Å²) in [6.45, 7) is 0.669. The number of nitrogens with zero attached hydrogens (tertiary/aromatic N) is 2. The van der Waals surface area contributed by atoms with Crippen molar-refractivity contribution >= 4 is 51.1 Å². The molecule has 5 rings (SSSR count). The molecular formula is C29H23F5N4O2S. The van der Waals surface area contributed by atoms with Gasteiger partial charge in [-0.25, -0.2) is 22.0 Å². The highest BCUT2D eigenvalue weighted by atomic mass is 32.1. The van der Waals surface area contributed by atoms with Gasteiger partial charge in [-0.2, -0.15) is 0 Å². The number of anilines is 3. The minimum atomic E-state index is -2.18. The van der Waals surface area contributed by atoms with Crippen LogP contribution in [0.25, 0.3) is 10.8 Å². The summed E-state index contributed by atoms with van der Waals surface area (Å²) in [6.07, 6.45) is 0. The van der Waals surface area contributed by atoms with Crippen LogP contribution in [0.3, 0.4) is 0 Å². The number of hydrogen-bond acceptors (Lipinski definition) is 5. The van der Waals surface area contributed by atoms with E-state index in [1.54, 1.807) is 36.4 Å². The second kappa shape index (κ2) is 11.6. The first-order chi connectivity index (χ1) is 19.7. The van der Waals surface area contributed by atoms with Gasteiger partial charge in [0.25, 0.3) is 5.91 Å². The molecule has 4 aromatic rings. The van der Waals surface area contributed by atoms with Crippen LogP contribution in [0.5, 0.6) is 5.75 Å².